The first-order valence-corrected chi connectivity index (χ1v) is 8.27. The average molecular weight is 336 g/mol. The van der Waals surface area contributed by atoms with Gasteiger partial charge in [-0.1, -0.05) is 11.6 Å². The van der Waals surface area contributed by atoms with Crippen LogP contribution in [0.25, 0.3) is 0 Å². The van der Waals surface area contributed by atoms with E-state index in [2.05, 4.69) is 4.72 Å². The van der Waals surface area contributed by atoms with Crippen LogP contribution in [0.15, 0.2) is 34.5 Å². The monoisotopic (exact) mass is 335 g/mol. The second kappa shape index (κ2) is 6.09. The van der Waals surface area contributed by atoms with Crippen LogP contribution in [0, 0.1) is 5.82 Å². The van der Waals surface area contributed by atoms with Crippen molar-refractivity contribution in [1.82, 2.24) is 0 Å². The molecule has 0 fully saturated rings. The van der Waals surface area contributed by atoms with Gasteiger partial charge in [0, 0.05) is 17.9 Å². The summed E-state index contributed by atoms with van der Waals surface area (Å²) < 4.78 is 39.9. The van der Waals surface area contributed by atoms with E-state index in [0.717, 1.165) is 22.3 Å². The Labute approximate surface area is 124 Å². The third-order valence-electron chi connectivity index (χ3n) is 2.43. The topological polar surface area (TPSA) is 66.4 Å². The Bertz CT molecular complexity index is 715. The quantitative estimate of drug-likeness (QED) is 0.883. The Morgan fingerprint density at radius 2 is 2.05 bits per heavy atom. The number of aliphatic hydroxyl groups excluding tert-OH is 1. The van der Waals surface area contributed by atoms with E-state index in [4.69, 9.17) is 16.7 Å². The van der Waals surface area contributed by atoms with Crippen LogP contribution in [0.5, 0.6) is 0 Å². The SMILES string of the molecule is O=S(=O)(Nc1ccc(Cl)c(F)c1)c1ccc(CCO)s1. The van der Waals surface area contributed by atoms with E-state index in [9.17, 15) is 12.8 Å². The molecule has 0 bridgehead atoms. The van der Waals surface area contributed by atoms with Crippen molar-refractivity contribution in [3.05, 3.63) is 46.0 Å². The van der Waals surface area contributed by atoms with Crippen molar-refractivity contribution < 1.29 is 17.9 Å². The molecule has 4 nitrogen and oxygen atoms in total. The highest BCUT2D eigenvalue weighted by atomic mass is 35.5. The first kappa shape index (κ1) is 15.2. The molecule has 0 aliphatic heterocycles. The molecule has 0 atom stereocenters. The summed E-state index contributed by atoms with van der Waals surface area (Å²) in [6.07, 6.45) is 0.399. The maximum Gasteiger partial charge on any atom is 0.271 e. The van der Waals surface area contributed by atoms with Gasteiger partial charge in [0.1, 0.15) is 10.0 Å². The predicted molar refractivity (Wildman–Crippen MR) is 77.3 cm³/mol. The number of aliphatic hydroxyl groups is 1. The number of sulfonamides is 1. The first-order chi connectivity index (χ1) is 9.42. The molecule has 1 heterocycles. The van der Waals surface area contributed by atoms with E-state index in [1.165, 1.54) is 18.2 Å². The lowest BCUT2D eigenvalue weighted by Gasteiger charge is -2.06. The standard InChI is InChI=1S/C12H11ClFNO3S2/c13-10-3-1-8(7-11(10)14)15-20(17,18)12-4-2-9(19-12)5-6-16/h1-4,7,15-16H,5-6H2. The van der Waals surface area contributed by atoms with Crippen molar-refractivity contribution in [1.29, 1.82) is 0 Å². The third kappa shape index (κ3) is 3.49. The summed E-state index contributed by atoms with van der Waals surface area (Å²) in [6, 6.07) is 6.76. The number of anilines is 1. The van der Waals surface area contributed by atoms with Gasteiger partial charge in [0.15, 0.2) is 0 Å². The molecular weight excluding hydrogens is 325 g/mol. The molecule has 108 valence electrons. The molecular formula is C12H11ClFNO3S2. The van der Waals surface area contributed by atoms with Crippen molar-refractivity contribution in [3.8, 4) is 0 Å². The summed E-state index contributed by atoms with van der Waals surface area (Å²) in [6.45, 7) is -0.0458. The molecule has 0 radical (unpaired) electrons. The Hall–Kier alpha value is -1.15. The maximum absolute atomic E-state index is 13.3. The summed E-state index contributed by atoms with van der Waals surface area (Å²) in [4.78, 5) is 0.759. The Kier molecular flexibility index (Phi) is 4.64. The minimum atomic E-state index is -3.76. The van der Waals surface area contributed by atoms with Gasteiger partial charge < -0.3 is 5.11 Å². The molecule has 8 heteroatoms. The highest BCUT2D eigenvalue weighted by Crippen LogP contribution is 2.25. The molecule has 0 saturated heterocycles. The zero-order valence-corrected chi connectivity index (χ0v) is 12.5. The van der Waals surface area contributed by atoms with Crippen molar-refractivity contribution in [2.45, 2.75) is 10.6 Å². The van der Waals surface area contributed by atoms with Crippen LogP contribution in [0.2, 0.25) is 5.02 Å². The van der Waals surface area contributed by atoms with Gasteiger partial charge >= 0.3 is 0 Å². The zero-order chi connectivity index (χ0) is 14.8. The number of hydrogen-bond acceptors (Lipinski definition) is 4. The van der Waals surface area contributed by atoms with E-state index >= 15 is 0 Å². The second-order valence-corrected chi connectivity index (χ2v) is 7.41. The summed E-state index contributed by atoms with van der Waals surface area (Å²) in [5.74, 6) is -0.695. The highest BCUT2D eigenvalue weighted by Gasteiger charge is 2.17. The van der Waals surface area contributed by atoms with Gasteiger partial charge in [0.25, 0.3) is 10.0 Å². The molecule has 0 amide bonds. The third-order valence-corrected chi connectivity index (χ3v) is 5.76. The average Bonchev–Trinajstić information content (AvgIpc) is 2.83. The fourth-order valence-corrected chi connectivity index (χ4v) is 4.02. The van der Waals surface area contributed by atoms with Crippen molar-refractivity contribution in [3.63, 3.8) is 0 Å². The Morgan fingerprint density at radius 3 is 2.70 bits per heavy atom. The molecule has 2 aromatic rings. The van der Waals surface area contributed by atoms with E-state index in [-0.39, 0.29) is 21.5 Å². The normalized spacial score (nSPS) is 11.6. The molecule has 0 aliphatic carbocycles. The van der Waals surface area contributed by atoms with E-state index < -0.39 is 15.8 Å². The van der Waals surface area contributed by atoms with Gasteiger partial charge in [-0.25, -0.2) is 12.8 Å². The van der Waals surface area contributed by atoms with Crippen LogP contribution in [0.3, 0.4) is 0 Å². The van der Waals surface area contributed by atoms with E-state index in [1.807, 2.05) is 0 Å². The predicted octanol–water partition coefficient (Wildman–Crippen LogP) is 2.88. The molecule has 2 N–H and O–H groups in total. The van der Waals surface area contributed by atoms with Crippen molar-refractivity contribution >= 4 is 38.6 Å². The minimum Gasteiger partial charge on any atom is -0.396 e. The Morgan fingerprint density at radius 1 is 1.30 bits per heavy atom. The summed E-state index contributed by atoms with van der Waals surface area (Å²) >= 11 is 6.59. The number of hydrogen-bond donors (Lipinski definition) is 2. The molecule has 1 aromatic carbocycles. The number of benzene rings is 1. The maximum atomic E-state index is 13.3. The number of rotatable bonds is 5. The fraction of sp³-hybridized carbons (Fsp3) is 0.167. The second-order valence-electron chi connectivity index (χ2n) is 3.93. The van der Waals surface area contributed by atoms with Gasteiger partial charge in [-0.15, -0.1) is 11.3 Å². The molecule has 0 unspecified atom stereocenters. The molecule has 1 aromatic heterocycles. The summed E-state index contributed by atoms with van der Waals surface area (Å²) in [5.41, 5.74) is 0.101. The van der Waals surface area contributed by atoms with Gasteiger partial charge in [0.2, 0.25) is 0 Å². The lowest BCUT2D eigenvalue weighted by molar-refractivity contribution is 0.300. The van der Waals surface area contributed by atoms with Crippen LogP contribution in [-0.2, 0) is 16.4 Å². The lowest BCUT2D eigenvalue weighted by atomic mass is 10.3. The van der Waals surface area contributed by atoms with Crippen molar-refractivity contribution in [2.75, 3.05) is 11.3 Å². The van der Waals surface area contributed by atoms with Gasteiger partial charge in [-0.3, -0.25) is 4.72 Å². The number of thiophene rings is 1. The molecule has 0 aliphatic rings. The van der Waals surface area contributed by atoms with Crippen molar-refractivity contribution in [2.24, 2.45) is 0 Å². The number of nitrogens with one attached hydrogen (secondary N) is 1. The van der Waals surface area contributed by atoms with Gasteiger partial charge in [-0.05, 0) is 30.3 Å². The molecule has 0 saturated carbocycles. The lowest BCUT2D eigenvalue weighted by Crippen LogP contribution is -2.11. The summed E-state index contributed by atoms with van der Waals surface area (Å²) in [7, 11) is -3.76. The zero-order valence-electron chi connectivity index (χ0n) is 10.1. The van der Waals surface area contributed by atoms with Crippen LogP contribution in [0.4, 0.5) is 10.1 Å². The van der Waals surface area contributed by atoms with E-state index in [0.29, 0.717) is 6.42 Å². The molecule has 0 spiro atoms. The summed E-state index contributed by atoms with van der Waals surface area (Å²) in [5, 5.41) is 8.74. The van der Waals surface area contributed by atoms with Crippen LogP contribution in [0.1, 0.15) is 4.88 Å². The van der Waals surface area contributed by atoms with Crippen LogP contribution >= 0.6 is 22.9 Å². The molecule has 2 rings (SSSR count). The minimum absolute atomic E-state index is 0.0458. The smallest absolute Gasteiger partial charge is 0.271 e. The Balaban J connectivity index is 2.23. The highest BCUT2D eigenvalue weighted by molar-refractivity contribution is 7.94. The molecule has 20 heavy (non-hydrogen) atoms. The van der Waals surface area contributed by atoms with Crippen LogP contribution in [-0.4, -0.2) is 20.1 Å². The first-order valence-electron chi connectivity index (χ1n) is 5.60. The largest absolute Gasteiger partial charge is 0.396 e. The van der Waals surface area contributed by atoms with Crippen LogP contribution < -0.4 is 4.72 Å². The fourth-order valence-electron chi connectivity index (χ4n) is 1.51. The van der Waals surface area contributed by atoms with E-state index in [1.54, 1.807) is 6.07 Å². The number of halogens is 2. The van der Waals surface area contributed by atoms with Gasteiger partial charge in [-0.2, -0.15) is 0 Å². The van der Waals surface area contributed by atoms with Gasteiger partial charge in [0.05, 0.1) is 10.7 Å².